The Morgan fingerprint density at radius 1 is 1.33 bits per heavy atom. The van der Waals surface area contributed by atoms with E-state index < -0.39 is 11.7 Å². The van der Waals surface area contributed by atoms with Gasteiger partial charge in [0.25, 0.3) is 0 Å². The van der Waals surface area contributed by atoms with Crippen LogP contribution < -0.4 is 5.69 Å². The lowest BCUT2D eigenvalue weighted by molar-refractivity contribution is -0.142. The largest absolute Gasteiger partial charge is 0.469 e. The van der Waals surface area contributed by atoms with Crippen molar-refractivity contribution in [3.63, 3.8) is 0 Å². The number of carbonyl (C=O) groups is 2. The van der Waals surface area contributed by atoms with Crippen molar-refractivity contribution in [2.75, 3.05) is 33.9 Å². The maximum Gasteiger partial charge on any atom is 0.347 e. The van der Waals surface area contributed by atoms with Crippen LogP contribution in [-0.4, -0.2) is 60.2 Å². The van der Waals surface area contributed by atoms with Crippen molar-refractivity contribution in [3.8, 4) is 0 Å². The molecule has 0 bridgehead atoms. The van der Waals surface area contributed by atoms with Crippen molar-refractivity contribution in [3.05, 3.63) is 28.9 Å². The highest BCUT2D eigenvalue weighted by Crippen LogP contribution is 1.97. The summed E-state index contributed by atoms with van der Waals surface area (Å²) in [6.07, 6.45) is 2.94. The van der Waals surface area contributed by atoms with Crippen molar-refractivity contribution in [1.29, 1.82) is 0 Å². The minimum Gasteiger partial charge on any atom is -0.469 e. The van der Waals surface area contributed by atoms with Gasteiger partial charge >= 0.3 is 11.7 Å². The summed E-state index contributed by atoms with van der Waals surface area (Å²) in [6.45, 7) is 0.762. The Labute approximate surface area is 122 Å². The van der Waals surface area contributed by atoms with Gasteiger partial charge in [-0.15, -0.1) is 0 Å². The molecule has 1 heterocycles. The van der Waals surface area contributed by atoms with Crippen molar-refractivity contribution >= 4 is 11.9 Å². The van der Waals surface area contributed by atoms with Crippen LogP contribution in [0.4, 0.5) is 0 Å². The van der Waals surface area contributed by atoms with Gasteiger partial charge in [-0.3, -0.25) is 14.2 Å². The quantitative estimate of drug-likeness (QED) is 0.588. The van der Waals surface area contributed by atoms with Crippen LogP contribution in [0, 0.1) is 0 Å². The van der Waals surface area contributed by atoms with E-state index in [2.05, 4.69) is 9.72 Å². The number of methoxy groups -OCH3 is 2. The molecule has 1 amide bonds. The zero-order valence-electron chi connectivity index (χ0n) is 12.2. The van der Waals surface area contributed by atoms with Gasteiger partial charge in [-0.25, -0.2) is 9.78 Å². The Hall–Kier alpha value is -2.22. The molecule has 116 valence electrons. The second-order valence-electron chi connectivity index (χ2n) is 4.23. The first-order chi connectivity index (χ1) is 10.1. The lowest BCUT2D eigenvalue weighted by Gasteiger charge is -2.22. The standard InChI is InChI=1S/C13H19N3O5/c1-20-9-8-15(7-4-12(18)21-2)11(17)10-16-6-3-5-14-13(16)19/h3,5-6H,4,7-10H2,1-2H3. The fourth-order valence-electron chi connectivity index (χ4n) is 1.64. The summed E-state index contributed by atoms with van der Waals surface area (Å²) >= 11 is 0. The molecule has 0 saturated carbocycles. The van der Waals surface area contributed by atoms with Crippen LogP contribution in [-0.2, 0) is 25.6 Å². The fourth-order valence-corrected chi connectivity index (χ4v) is 1.64. The summed E-state index contributed by atoms with van der Waals surface area (Å²) < 4.78 is 10.7. The monoisotopic (exact) mass is 297 g/mol. The number of hydrogen-bond acceptors (Lipinski definition) is 6. The number of hydrogen-bond donors (Lipinski definition) is 0. The molecular weight excluding hydrogens is 278 g/mol. The lowest BCUT2D eigenvalue weighted by Crippen LogP contribution is -2.39. The van der Waals surface area contributed by atoms with Crippen LogP contribution in [0.2, 0.25) is 0 Å². The summed E-state index contributed by atoms with van der Waals surface area (Å²) in [7, 11) is 2.81. The number of esters is 1. The lowest BCUT2D eigenvalue weighted by atomic mass is 10.3. The van der Waals surface area contributed by atoms with E-state index in [4.69, 9.17) is 4.74 Å². The molecule has 0 aliphatic rings. The molecule has 0 atom stereocenters. The fraction of sp³-hybridized carbons (Fsp3) is 0.538. The Kier molecular flexibility index (Phi) is 7.10. The molecule has 1 rings (SSSR count). The topological polar surface area (TPSA) is 90.7 Å². The molecule has 1 aromatic rings. The number of ether oxygens (including phenoxy) is 2. The first-order valence-electron chi connectivity index (χ1n) is 6.43. The predicted octanol–water partition coefficient (Wildman–Crippen LogP) is -0.719. The SMILES string of the molecule is COCCN(CCC(=O)OC)C(=O)Cn1cccnc1=O. The van der Waals surface area contributed by atoms with E-state index in [9.17, 15) is 14.4 Å². The van der Waals surface area contributed by atoms with Gasteiger partial charge in [-0.1, -0.05) is 0 Å². The molecule has 8 nitrogen and oxygen atoms in total. The van der Waals surface area contributed by atoms with Gasteiger partial charge in [0.1, 0.15) is 6.54 Å². The molecule has 0 spiro atoms. The minimum atomic E-state index is -0.495. The third-order valence-electron chi connectivity index (χ3n) is 2.82. The average molecular weight is 297 g/mol. The Balaban J connectivity index is 2.68. The molecule has 0 fully saturated rings. The zero-order chi connectivity index (χ0) is 15.7. The van der Waals surface area contributed by atoms with Crippen molar-refractivity contribution < 1.29 is 19.1 Å². The summed E-state index contributed by atoms with van der Waals surface area (Å²) in [6, 6.07) is 1.57. The molecule has 0 N–H and O–H groups in total. The van der Waals surface area contributed by atoms with Crippen LogP contribution in [0.3, 0.4) is 0 Å². The molecule has 8 heteroatoms. The molecule has 1 aromatic heterocycles. The van der Waals surface area contributed by atoms with Crippen LogP contribution in [0.5, 0.6) is 0 Å². The Bertz CT molecular complexity index is 529. The Morgan fingerprint density at radius 2 is 2.10 bits per heavy atom. The van der Waals surface area contributed by atoms with Crippen molar-refractivity contribution in [1.82, 2.24) is 14.5 Å². The molecule has 0 saturated heterocycles. The first kappa shape index (κ1) is 16.8. The van der Waals surface area contributed by atoms with Crippen LogP contribution >= 0.6 is 0 Å². The second-order valence-corrected chi connectivity index (χ2v) is 4.23. The van der Waals surface area contributed by atoms with Gasteiger partial charge < -0.3 is 14.4 Å². The van der Waals surface area contributed by atoms with Gasteiger partial charge in [-0.05, 0) is 6.07 Å². The summed E-state index contributed by atoms with van der Waals surface area (Å²) in [4.78, 5) is 39.9. The maximum absolute atomic E-state index is 12.2. The van der Waals surface area contributed by atoms with Gasteiger partial charge in [-0.2, -0.15) is 0 Å². The predicted molar refractivity (Wildman–Crippen MR) is 73.6 cm³/mol. The number of rotatable bonds is 8. The van der Waals surface area contributed by atoms with Gasteiger partial charge in [0.15, 0.2) is 0 Å². The zero-order valence-corrected chi connectivity index (χ0v) is 12.2. The molecule has 21 heavy (non-hydrogen) atoms. The van der Waals surface area contributed by atoms with Gasteiger partial charge in [0, 0.05) is 32.6 Å². The highest BCUT2D eigenvalue weighted by Gasteiger charge is 2.16. The van der Waals surface area contributed by atoms with E-state index in [1.54, 1.807) is 6.07 Å². The highest BCUT2D eigenvalue weighted by molar-refractivity contribution is 5.77. The molecule has 0 radical (unpaired) electrons. The molecular formula is C13H19N3O5. The number of carbonyl (C=O) groups excluding carboxylic acids is 2. The average Bonchev–Trinajstić information content (AvgIpc) is 2.49. The number of nitrogens with zero attached hydrogens (tertiary/aromatic N) is 3. The minimum absolute atomic E-state index is 0.0912. The van der Waals surface area contributed by atoms with Gasteiger partial charge in [0.05, 0.1) is 20.1 Å². The van der Waals surface area contributed by atoms with E-state index >= 15 is 0 Å². The van der Waals surface area contributed by atoms with E-state index in [1.807, 2.05) is 0 Å². The van der Waals surface area contributed by atoms with E-state index in [-0.39, 0.29) is 25.4 Å². The van der Waals surface area contributed by atoms with Crippen LogP contribution in [0.1, 0.15) is 6.42 Å². The summed E-state index contributed by atoms with van der Waals surface area (Å²) in [5.41, 5.74) is -0.495. The highest BCUT2D eigenvalue weighted by atomic mass is 16.5. The Morgan fingerprint density at radius 3 is 2.71 bits per heavy atom. The van der Waals surface area contributed by atoms with E-state index in [1.165, 1.54) is 36.1 Å². The van der Waals surface area contributed by atoms with Crippen molar-refractivity contribution in [2.24, 2.45) is 0 Å². The molecule has 0 unspecified atom stereocenters. The number of amides is 1. The third-order valence-corrected chi connectivity index (χ3v) is 2.82. The van der Waals surface area contributed by atoms with E-state index in [0.29, 0.717) is 13.2 Å². The normalized spacial score (nSPS) is 10.2. The summed E-state index contributed by atoms with van der Waals surface area (Å²) in [5, 5.41) is 0. The molecule has 0 aliphatic carbocycles. The van der Waals surface area contributed by atoms with E-state index in [0.717, 1.165) is 0 Å². The van der Waals surface area contributed by atoms with Gasteiger partial charge in [0.2, 0.25) is 5.91 Å². The van der Waals surface area contributed by atoms with Crippen LogP contribution in [0.15, 0.2) is 23.3 Å². The second kappa shape index (κ2) is 8.85. The number of aromatic nitrogens is 2. The third kappa shape index (κ3) is 5.74. The molecule has 0 aromatic carbocycles. The molecule has 0 aliphatic heterocycles. The van der Waals surface area contributed by atoms with Crippen molar-refractivity contribution in [2.45, 2.75) is 13.0 Å². The maximum atomic E-state index is 12.2. The summed E-state index contributed by atoms with van der Waals surface area (Å²) in [5.74, 6) is -0.685. The first-order valence-corrected chi connectivity index (χ1v) is 6.43. The smallest absolute Gasteiger partial charge is 0.347 e. The van der Waals surface area contributed by atoms with Crippen LogP contribution in [0.25, 0.3) is 0 Å².